The molecule has 2 aliphatic rings. The summed E-state index contributed by atoms with van der Waals surface area (Å²) < 4.78 is 0. The Morgan fingerprint density at radius 2 is 2.13 bits per heavy atom. The quantitative estimate of drug-likeness (QED) is 0.654. The Bertz CT molecular complexity index is 278. The van der Waals surface area contributed by atoms with E-state index in [1.165, 1.54) is 25.7 Å². The van der Waals surface area contributed by atoms with Crippen LogP contribution >= 0.6 is 0 Å². The summed E-state index contributed by atoms with van der Waals surface area (Å²) in [6.07, 6.45) is 11.3. The van der Waals surface area contributed by atoms with E-state index < -0.39 is 0 Å². The van der Waals surface area contributed by atoms with Crippen LogP contribution < -0.4 is 0 Å². The van der Waals surface area contributed by atoms with Crippen LogP contribution in [-0.2, 0) is 0 Å². The summed E-state index contributed by atoms with van der Waals surface area (Å²) in [7, 11) is 0. The lowest BCUT2D eigenvalue weighted by atomic mass is 9.62. The fraction of sp³-hybridized carbons (Fsp3) is 0.857. The fourth-order valence-corrected chi connectivity index (χ4v) is 4.13. The Balaban J connectivity index is 2.22. The minimum atomic E-state index is -0.0706. The molecule has 2 fully saturated rings. The van der Waals surface area contributed by atoms with Crippen molar-refractivity contribution in [1.82, 2.24) is 0 Å². The average Bonchev–Trinajstić information content (AvgIpc) is 2.56. The molecule has 1 heteroatoms. The van der Waals surface area contributed by atoms with Gasteiger partial charge in [0, 0.05) is 5.92 Å². The number of aliphatic hydroxyl groups is 1. The number of aliphatic hydroxyl groups excluding tert-OH is 1. The van der Waals surface area contributed by atoms with E-state index in [0.29, 0.717) is 23.2 Å². The zero-order chi connectivity index (χ0) is 11.1. The number of rotatable bonds is 1. The molecular formula is C14H22O. The highest BCUT2D eigenvalue weighted by molar-refractivity contribution is 5.07. The Morgan fingerprint density at radius 1 is 1.40 bits per heavy atom. The van der Waals surface area contributed by atoms with Gasteiger partial charge < -0.3 is 5.11 Å². The molecule has 0 saturated heterocycles. The molecule has 1 nitrogen and oxygen atoms in total. The summed E-state index contributed by atoms with van der Waals surface area (Å²) in [4.78, 5) is 0. The van der Waals surface area contributed by atoms with Crippen LogP contribution in [0.25, 0.3) is 0 Å². The van der Waals surface area contributed by atoms with Crippen molar-refractivity contribution in [3.8, 4) is 12.3 Å². The Hall–Kier alpha value is -0.480. The molecular weight excluding hydrogens is 184 g/mol. The van der Waals surface area contributed by atoms with Crippen molar-refractivity contribution >= 4 is 0 Å². The van der Waals surface area contributed by atoms with Crippen LogP contribution in [0, 0.1) is 35.5 Å². The van der Waals surface area contributed by atoms with E-state index in [2.05, 4.69) is 19.8 Å². The number of fused-ring (bicyclic) bond motifs is 1. The maximum atomic E-state index is 10.1. The average molecular weight is 206 g/mol. The van der Waals surface area contributed by atoms with Gasteiger partial charge in [-0.2, -0.15) is 0 Å². The van der Waals surface area contributed by atoms with Crippen LogP contribution in [0.1, 0.15) is 46.0 Å². The summed E-state index contributed by atoms with van der Waals surface area (Å²) in [6, 6.07) is 0. The highest BCUT2D eigenvalue weighted by Gasteiger charge is 2.51. The summed E-state index contributed by atoms with van der Waals surface area (Å²) in [5.41, 5.74) is 0.309. The minimum Gasteiger partial charge on any atom is -0.393 e. The van der Waals surface area contributed by atoms with Crippen LogP contribution in [0.15, 0.2) is 0 Å². The van der Waals surface area contributed by atoms with E-state index in [0.717, 1.165) is 6.42 Å². The third-order valence-electron chi connectivity index (χ3n) is 5.03. The van der Waals surface area contributed by atoms with Gasteiger partial charge in [-0.15, -0.1) is 12.3 Å². The molecule has 15 heavy (non-hydrogen) atoms. The van der Waals surface area contributed by atoms with Crippen molar-refractivity contribution in [1.29, 1.82) is 0 Å². The number of hydrogen-bond donors (Lipinski definition) is 1. The summed E-state index contributed by atoms with van der Waals surface area (Å²) in [5.74, 6) is 4.40. The van der Waals surface area contributed by atoms with Crippen molar-refractivity contribution in [2.45, 2.75) is 52.1 Å². The summed E-state index contributed by atoms with van der Waals surface area (Å²) in [6.45, 7) is 4.52. The van der Waals surface area contributed by atoms with Crippen molar-refractivity contribution in [2.75, 3.05) is 0 Å². The molecule has 0 radical (unpaired) electrons. The third kappa shape index (κ3) is 1.60. The molecule has 0 bridgehead atoms. The van der Waals surface area contributed by atoms with Gasteiger partial charge in [-0.05, 0) is 42.9 Å². The van der Waals surface area contributed by atoms with Crippen molar-refractivity contribution in [3.63, 3.8) is 0 Å². The molecule has 0 aliphatic heterocycles. The Kier molecular flexibility index (Phi) is 2.81. The van der Waals surface area contributed by atoms with Crippen LogP contribution in [-0.4, -0.2) is 11.2 Å². The van der Waals surface area contributed by atoms with Gasteiger partial charge >= 0.3 is 0 Å². The second-order valence-electron chi connectivity index (χ2n) is 5.71. The smallest absolute Gasteiger partial charge is 0.0573 e. The van der Waals surface area contributed by atoms with Gasteiger partial charge in [-0.1, -0.05) is 20.3 Å². The van der Waals surface area contributed by atoms with Gasteiger partial charge in [0.1, 0.15) is 0 Å². The highest BCUT2D eigenvalue weighted by Crippen LogP contribution is 2.57. The fourth-order valence-electron chi connectivity index (χ4n) is 4.13. The zero-order valence-electron chi connectivity index (χ0n) is 9.87. The SMILES string of the molecule is C#CC(C)C1CCC2C(O)CCCC12C. The van der Waals surface area contributed by atoms with Gasteiger partial charge in [0.25, 0.3) is 0 Å². The van der Waals surface area contributed by atoms with Crippen molar-refractivity contribution in [2.24, 2.45) is 23.2 Å². The van der Waals surface area contributed by atoms with Crippen LogP contribution in [0.3, 0.4) is 0 Å². The van der Waals surface area contributed by atoms with E-state index in [4.69, 9.17) is 6.42 Å². The van der Waals surface area contributed by atoms with Gasteiger partial charge in [0.05, 0.1) is 6.10 Å². The lowest BCUT2D eigenvalue weighted by Crippen LogP contribution is -2.41. The maximum Gasteiger partial charge on any atom is 0.0573 e. The molecule has 2 saturated carbocycles. The Morgan fingerprint density at radius 3 is 2.80 bits per heavy atom. The first-order chi connectivity index (χ1) is 7.09. The molecule has 0 aromatic carbocycles. The first kappa shape index (κ1) is 11.0. The molecule has 84 valence electrons. The molecule has 0 heterocycles. The molecule has 0 spiro atoms. The molecule has 2 rings (SSSR count). The first-order valence-corrected chi connectivity index (χ1v) is 6.24. The van der Waals surface area contributed by atoms with Gasteiger partial charge in [0.15, 0.2) is 0 Å². The lowest BCUT2D eigenvalue weighted by Gasteiger charge is -2.44. The molecule has 5 unspecified atom stereocenters. The topological polar surface area (TPSA) is 20.2 Å². The van der Waals surface area contributed by atoms with Crippen LogP contribution in [0.2, 0.25) is 0 Å². The van der Waals surface area contributed by atoms with Crippen molar-refractivity contribution < 1.29 is 5.11 Å². The molecule has 0 aromatic heterocycles. The highest BCUT2D eigenvalue weighted by atomic mass is 16.3. The second kappa shape index (κ2) is 3.83. The zero-order valence-corrected chi connectivity index (χ0v) is 9.87. The second-order valence-corrected chi connectivity index (χ2v) is 5.71. The molecule has 1 N–H and O–H groups in total. The van der Waals surface area contributed by atoms with Gasteiger partial charge in [-0.3, -0.25) is 0 Å². The standard InChI is InChI=1S/C14H22O/c1-4-10(2)11-7-8-12-13(15)6-5-9-14(11,12)3/h1,10-13,15H,5-9H2,2-3H3. The third-order valence-corrected chi connectivity index (χ3v) is 5.03. The molecule has 2 aliphatic carbocycles. The minimum absolute atomic E-state index is 0.0706. The molecule has 0 amide bonds. The molecule has 0 aromatic rings. The predicted octanol–water partition coefficient (Wildman–Crippen LogP) is 2.83. The van der Waals surface area contributed by atoms with E-state index in [1.807, 2.05) is 0 Å². The lowest BCUT2D eigenvalue weighted by molar-refractivity contribution is -0.0224. The van der Waals surface area contributed by atoms with Gasteiger partial charge in [-0.25, -0.2) is 0 Å². The van der Waals surface area contributed by atoms with Crippen LogP contribution in [0.4, 0.5) is 0 Å². The summed E-state index contributed by atoms with van der Waals surface area (Å²) >= 11 is 0. The monoisotopic (exact) mass is 206 g/mol. The Labute approximate surface area is 93.3 Å². The maximum absolute atomic E-state index is 10.1. The van der Waals surface area contributed by atoms with Crippen molar-refractivity contribution in [3.05, 3.63) is 0 Å². The first-order valence-electron chi connectivity index (χ1n) is 6.24. The largest absolute Gasteiger partial charge is 0.393 e. The predicted molar refractivity (Wildman–Crippen MR) is 62.2 cm³/mol. The number of terminal acetylenes is 1. The molecule has 5 atom stereocenters. The van der Waals surface area contributed by atoms with E-state index in [9.17, 15) is 5.11 Å². The van der Waals surface area contributed by atoms with Crippen LogP contribution in [0.5, 0.6) is 0 Å². The number of hydrogen-bond acceptors (Lipinski definition) is 1. The van der Waals surface area contributed by atoms with Gasteiger partial charge in [0.2, 0.25) is 0 Å². The summed E-state index contributed by atoms with van der Waals surface area (Å²) in [5, 5.41) is 10.1. The van der Waals surface area contributed by atoms with E-state index >= 15 is 0 Å². The van der Waals surface area contributed by atoms with E-state index in [-0.39, 0.29) is 6.10 Å². The van der Waals surface area contributed by atoms with E-state index in [1.54, 1.807) is 0 Å². The normalized spacial score (nSPS) is 46.9.